The second-order valence-corrected chi connectivity index (χ2v) is 5.66. The Labute approximate surface area is 134 Å². The molecule has 0 atom stereocenters. The summed E-state index contributed by atoms with van der Waals surface area (Å²) >= 11 is 10.3. The second-order valence-electron chi connectivity index (χ2n) is 4.83. The van der Waals surface area contributed by atoms with Crippen molar-refractivity contribution in [2.24, 2.45) is 19.8 Å². The molecule has 0 unspecified atom stereocenters. The summed E-state index contributed by atoms with van der Waals surface area (Å²) in [5, 5.41) is 0.222. The first kappa shape index (κ1) is 14.5. The molecule has 0 saturated carbocycles. The van der Waals surface area contributed by atoms with Crippen LogP contribution in [0, 0.1) is 4.64 Å². The SMILES string of the molecule is Cn1c(=O)c2c(=S)n3ccc(C(N)=S)cc3nc2n(C)c1=O. The average Bonchev–Trinajstić information content (AvgIpc) is 2.50. The number of hydrogen-bond acceptors (Lipinski definition) is 5. The molecule has 0 amide bonds. The highest BCUT2D eigenvalue weighted by Gasteiger charge is 2.13. The van der Waals surface area contributed by atoms with Crippen molar-refractivity contribution in [3.63, 3.8) is 0 Å². The largest absolute Gasteiger partial charge is 0.389 e. The van der Waals surface area contributed by atoms with E-state index < -0.39 is 11.2 Å². The fourth-order valence-electron chi connectivity index (χ4n) is 2.28. The lowest BCUT2D eigenvalue weighted by molar-refractivity contribution is 0.706. The van der Waals surface area contributed by atoms with Gasteiger partial charge in [-0.05, 0) is 12.1 Å². The minimum atomic E-state index is -0.469. The molecular weight excluding hydrogens is 322 g/mol. The molecule has 0 aliphatic rings. The Morgan fingerprint density at radius 3 is 2.59 bits per heavy atom. The van der Waals surface area contributed by atoms with Crippen LogP contribution in [0.3, 0.4) is 0 Å². The van der Waals surface area contributed by atoms with Gasteiger partial charge in [0.05, 0.1) is 0 Å². The molecule has 3 aromatic rings. The fraction of sp³-hybridized carbons (Fsp3) is 0.154. The number of pyridine rings is 1. The summed E-state index contributed by atoms with van der Waals surface area (Å²) in [6.45, 7) is 0. The van der Waals surface area contributed by atoms with E-state index in [1.807, 2.05) is 0 Å². The molecule has 0 fully saturated rings. The second kappa shape index (κ2) is 4.82. The maximum absolute atomic E-state index is 12.3. The van der Waals surface area contributed by atoms with E-state index in [4.69, 9.17) is 30.2 Å². The van der Waals surface area contributed by atoms with Crippen molar-refractivity contribution in [3.8, 4) is 0 Å². The highest BCUT2D eigenvalue weighted by Crippen LogP contribution is 2.12. The van der Waals surface area contributed by atoms with Gasteiger partial charge in [-0.2, -0.15) is 0 Å². The lowest BCUT2D eigenvalue weighted by Crippen LogP contribution is -2.37. The minimum absolute atomic E-state index is 0.222. The Morgan fingerprint density at radius 2 is 1.95 bits per heavy atom. The van der Waals surface area contributed by atoms with Crippen LogP contribution in [0.5, 0.6) is 0 Å². The van der Waals surface area contributed by atoms with Crippen LogP contribution >= 0.6 is 24.4 Å². The Bertz CT molecular complexity index is 1140. The number of hydrogen-bond donors (Lipinski definition) is 1. The summed E-state index contributed by atoms with van der Waals surface area (Å²) < 4.78 is 4.17. The molecule has 0 bridgehead atoms. The van der Waals surface area contributed by atoms with Crippen LogP contribution in [-0.2, 0) is 14.1 Å². The van der Waals surface area contributed by atoms with Crippen LogP contribution in [0.1, 0.15) is 5.56 Å². The first-order valence-electron chi connectivity index (χ1n) is 6.25. The van der Waals surface area contributed by atoms with E-state index in [2.05, 4.69) is 4.98 Å². The predicted molar refractivity (Wildman–Crippen MR) is 89.9 cm³/mol. The molecule has 0 radical (unpaired) electrons. The van der Waals surface area contributed by atoms with Crippen LogP contribution in [0.4, 0.5) is 0 Å². The van der Waals surface area contributed by atoms with Crippen LogP contribution in [0.15, 0.2) is 27.9 Å². The Hall–Kier alpha value is -2.39. The zero-order valence-electron chi connectivity index (χ0n) is 11.7. The normalized spacial score (nSPS) is 11.2. The molecule has 0 aliphatic carbocycles. The van der Waals surface area contributed by atoms with Gasteiger partial charge in [0.25, 0.3) is 5.56 Å². The van der Waals surface area contributed by atoms with E-state index in [0.29, 0.717) is 11.2 Å². The van der Waals surface area contributed by atoms with E-state index >= 15 is 0 Å². The topological polar surface area (TPSA) is 87.3 Å². The van der Waals surface area contributed by atoms with E-state index in [9.17, 15) is 9.59 Å². The average molecular weight is 333 g/mol. The molecule has 0 aliphatic heterocycles. The van der Waals surface area contributed by atoms with E-state index in [1.54, 1.807) is 29.8 Å². The third kappa shape index (κ3) is 1.90. The maximum atomic E-state index is 12.3. The quantitative estimate of drug-likeness (QED) is 0.507. The standard InChI is InChI=1S/C13H11N5O2S2/c1-16-10-8(11(19)17(2)13(16)20)12(22)18-4-3-6(9(14)21)5-7(18)15-10/h3-5H,1-2H3,(H2,14,21). The molecule has 2 N–H and O–H groups in total. The van der Waals surface area contributed by atoms with Gasteiger partial charge in [0.2, 0.25) is 0 Å². The van der Waals surface area contributed by atoms with E-state index in [0.717, 1.165) is 4.57 Å². The first-order chi connectivity index (χ1) is 10.3. The minimum Gasteiger partial charge on any atom is -0.389 e. The van der Waals surface area contributed by atoms with Crippen molar-refractivity contribution in [2.45, 2.75) is 0 Å². The fourth-order valence-corrected chi connectivity index (χ4v) is 2.74. The van der Waals surface area contributed by atoms with Crippen LogP contribution in [-0.4, -0.2) is 23.5 Å². The number of fused-ring (bicyclic) bond motifs is 2. The number of nitrogens with zero attached hydrogens (tertiary/aromatic N) is 4. The highest BCUT2D eigenvalue weighted by atomic mass is 32.1. The molecule has 3 rings (SSSR count). The van der Waals surface area contributed by atoms with Crippen molar-refractivity contribution in [1.29, 1.82) is 0 Å². The predicted octanol–water partition coefficient (Wildman–Crippen LogP) is 0.249. The van der Waals surface area contributed by atoms with Gasteiger partial charge in [-0.3, -0.25) is 18.3 Å². The monoisotopic (exact) mass is 333 g/mol. The lowest BCUT2D eigenvalue weighted by atomic mass is 10.2. The van der Waals surface area contributed by atoms with Crippen molar-refractivity contribution in [1.82, 2.24) is 18.5 Å². The van der Waals surface area contributed by atoms with Gasteiger partial charge in [-0.1, -0.05) is 24.4 Å². The molecule has 9 heteroatoms. The summed E-state index contributed by atoms with van der Waals surface area (Å²) in [5.74, 6) is 0. The maximum Gasteiger partial charge on any atom is 0.332 e. The molecule has 0 saturated heterocycles. The zero-order chi connectivity index (χ0) is 16.2. The van der Waals surface area contributed by atoms with Gasteiger partial charge in [-0.25, -0.2) is 9.78 Å². The zero-order valence-corrected chi connectivity index (χ0v) is 13.4. The van der Waals surface area contributed by atoms with Crippen molar-refractivity contribution in [2.75, 3.05) is 0 Å². The van der Waals surface area contributed by atoms with Gasteiger partial charge in [0, 0.05) is 25.9 Å². The van der Waals surface area contributed by atoms with Crippen LogP contribution < -0.4 is 17.0 Å². The molecule has 0 aromatic carbocycles. The summed E-state index contributed by atoms with van der Waals surface area (Å²) in [6.07, 6.45) is 1.66. The summed E-state index contributed by atoms with van der Waals surface area (Å²) in [4.78, 5) is 29.0. The molecule has 112 valence electrons. The molecule has 3 aromatic heterocycles. The van der Waals surface area contributed by atoms with Crippen molar-refractivity contribution in [3.05, 3.63) is 49.4 Å². The van der Waals surface area contributed by atoms with E-state index in [-0.39, 0.29) is 20.7 Å². The summed E-state index contributed by atoms with van der Waals surface area (Å²) in [6, 6.07) is 3.37. The van der Waals surface area contributed by atoms with E-state index in [1.165, 1.54) is 11.6 Å². The van der Waals surface area contributed by atoms with Gasteiger partial charge in [0.15, 0.2) is 5.65 Å². The van der Waals surface area contributed by atoms with Crippen molar-refractivity contribution >= 4 is 46.1 Å². The van der Waals surface area contributed by atoms with Crippen molar-refractivity contribution < 1.29 is 0 Å². The number of aryl methyl sites for hydroxylation is 1. The van der Waals surface area contributed by atoms with Gasteiger partial charge in [-0.15, -0.1) is 0 Å². The summed E-state index contributed by atoms with van der Waals surface area (Å²) in [5.41, 5.74) is 6.01. The van der Waals surface area contributed by atoms with Gasteiger partial charge < -0.3 is 5.73 Å². The first-order valence-corrected chi connectivity index (χ1v) is 7.06. The van der Waals surface area contributed by atoms with Crippen LogP contribution in [0.2, 0.25) is 0 Å². The molecule has 7 nitrogen and oxygen atoms in total. The summed E-state index contributed by atoms with van der Waals surface area (Å²) in [7, 11) is 2.95. The number of nitrogens with two attached hydrogens (primary N) is 1. The Kier molecular flexibility index (Phi) is 3.18. The smallest absolute Gasteiger partial charge is 0.332 e. The number of rotatable bonds is 1. The van der Waals surface area contributed by atoms with Gasteiger partial charge >= 0.3 is 5.69 Å². The third-order valence-electron chi connectivity index (χ3n) is 3.51. The molecule has 0 spiro atoms. The van der Waals surface area contributed by atoms with Gasteiger partial charge in [0.1, 0.15) is 20.7 Å². The van der Waals surface area contributed by atoms with Crippen LogP contribution in [0.25, 0.3) is 16.7 Å². The Morgan fingerprint density at radius 1 is 1.27 bits per heavy atom. The number of aromatic nitrogens is 4. The molecule has 3 heterocycles. The molecular formula is C13H11N5O2S2. The lowest BCUT2D eigenvalue weighted by Gasteiger charge is -2.10. The highest BCUT2D eigenvalue weighted by molar-refractivity contribution is 7.80. The number of thiocarbonyl (C=S) groups is 1. The Balaban J connectivity index is 2.64. The third-order valence-corrected chi connectivity index (χ3v) is 4.14. The molecule has 22 heavy (non-hydrogen) atoms.